The monoisotopic (exact) mass is 387 g/mol. The van der Waals surface area contributed by atoms with Crippen molar-refractivity contribution in [2.45, 2.75) is 0 Å². The maximum absolute atomic E-state index is 13.4. The summed E-state index contributed by atoms with van der Waals surface area (Å²) in [5.41, 5.74) is 0.125. The van der Waals surface area contributed by atoms with Gasteiger partial charge in [0.1, 0.15) is 5.82 Å². The molecule has 0 atom stereocenters. The first kappa shape index (κ1) is 20.2. The number of hydrogen-bond acceptors (Lipinski definition) is 6. The summed E-state index contributed by atoms with van der Waals surface area (Å²) < 4.78 is 18.0. The van der Waals surface area contributed by atoms with Gasteiger partial charge in [-0.15, -0.1) is 0 Å². The summed E-state index contributed by atoms with van der Waals surface area (Å²) in [6, 6.07) is 9.92. The molecule has 9 nitrogen and oxygen atoms in total. The number of nitrogens with zero attached hydrogens (tertiary/aromatic N) is 1. The molecule has 0 aliphatic heterocycles. The van der Waals surface area contributed by atoms with Crippen molar-refractivity contribution in [3.05, 3.63) is 76.1 Å². The molecule has 2 aromatic rings. The topological polar surface area (TPSA) is 128 Å². The minimum absolute atomic E-state index is 0.121. The van der Waals surface area contributed by atoms with Crippen molar-refractivity contribution in [1.82, 2.24) is 5.32 Å². The van der Waals surface area contributed by atoms with Crippen molar-refractivity contribution < 1.29 is 28.4 Å². The van der Waals surface area contributed by atoms with Gasteiger partial charge in [0.05, 0.1) is 10.6 Å². The predicted molar refractivity (Wildman–Crippen MR) is 96.7 cm³/mol. The number of para-hydroxylation sites is 1. The molecule has 28 heavy (non-hydrogen) atoms. The first-order chi connectivity index (χ1) is 13.3. The maximum atomic E-state index is 13.4. The number of urea groups is 1. The number of ether oxygens (including phenoxy) is 1. The Morgan fingerprint density at radius 2 is 1.89 bits per heavy atom. The number of imide groups is 1. The molecular formula is C18H14FN3O6. The summed E-state index contributed by atoms with van der Waals surface area (Å²) in [5.74, 6) is -2.50. The molecular weight excluding hydrogens is 373 g/mol. The van der Waals surface area contributed by atoms with Crippen LogP contribution in [0.4, 0.5) is 20.6 Å². The number of nitro groups is 1. The Morgan fingerprint density at radius 1 is 1.14 bits per heavy atom. The highest BCUT2D eigenvalue weighted by Crippen LogP contribution is 2.14. The Balaban J connectivity index is 1.79. The molecule has 0 aliphatic rings. The average Bonchev–Trinajstić information content (AvgIpc) is 2.66. The molecule has 0 fully saturated rings. The minimum Gasteiger partial charge on any atom is -0.452 e. The number of hydrogen-bond donors (Lipinski definition) is 2. The molecule has 0 unspecified atom stereocenters. The molecule has 0 saturated heterocycles. The molecule has 10 heteroatoms. The van der Waals surface area contributed by atoms with Crippen molar-refractivity contribution in [3.63, 3.8) is 0 Å². The molecule has 0 bridgehead atoms. The number of halogens is 1. The van der Waals surface area contributed by atoms with Gasteiger partial charge in [0.25, 0.3) is 11.6 Å². The van der Waals surface area contributed by atoms with Crippen molar-refractivity contribution in [2.75, 3.05) is 11.9 Å². The molecule has 2 rings (SSSR count). The lowest BCUT2D eigenvalue weighted by Gasteiger charge is -2.07. The van der Waals surface area contributed by atoms with Crippen molar-refractivity contribution in [2.24, 2.45) is 0 Å². The van der Waals surface area contributed by atoms with Gasteiger partial charge >= 0.3 is 12.0 Å². The Morgan fingerprint density at radius 3 is 2.61 bits per heavy atom. The second-order valence-corrected chi connectivity index (χ2v) is 5.28. The highest BCUT2D eigenvalue weighted by molar-refractivity contribution is 6.02. The van der Waals surface area contributed by atoms with Gasteiger partial charge in [-0.1, -0.05) is 24.3 Å². The number of carbonyl (C=O) groups excluding carboxylic acids is 3. The standard InChI is InChI=1S/C18H14FN3O6/c19-14-6-1-2-7-15(14)20-18(25)21-16(23)11-28-17(24)9-8-12-4-3-5-13(10-12)22(26)27/h1-10H,11H2,(H2,20,21,23,25). The zero-order valence-electron chi connectivity index (χ0n) is 14.3. The number of nitrogens with one attached hydrogen (secondary N) is 2. The van der Waals surface area contributed by atoms with Crippen LogP contribution < -0.4 is 10.6 Å². The Bertz CT molecular complexity index is 944. The number of benzene rings is 2. The van der Waals surface area contributed by atoms with E-state index in [0.29, 0.717) is 5.56 Å². The highest BCUT2D eigenvalue weighted by Gasteiger charge is 2.11. The number of anilines is 1. The lowest BCUT2D eigenvalue weighted by molar-refractivity contribution is -0.384. The Kier molecular flexibility index (Phi) is 6.92. The maximum Gasteiger partial charge on any atom is 0.331 e. The summed E-state index contributed by atoms with van der Waals surface area (Å²) in [5, 5.41) is 14.7. The zero-order chi connectivity index (χ0) is 20.5. The number of nitro benzene ring substituents is 1. The van der Waals surface area contributed by atoms with E-state index in [2.05, 4.69) is 10.1 Å². The van der Waals surface area contributed by atoms with E-state index < -0.39 is 35.3 Å². The van der Waals surface area contributed by atoms with E-state index in [1.807, 2.05) is 5.32 Å². The molecule has 2 aromatic carbocycles. The van der Waals surface area contributed by atoms with E-state index >= 15 is 0 Å². The summed E-state index contributed by atoms with van der Waals surface area (Å²) in [6.07, 6.45) is 2.25. The van der Waals surface area contributed by atoms with Gasteiger partial charge < -0.3 is 10.1 Å². The Labute approximate surface area is 158 Å². The molecule has 0 radical (unpaired) electrons. The third-order valence-corrected chi connectivity index (χ3v) is 3.21. The van der Waals surface area contributed by atoms with Gasteiger partial charge in [-0.25, -0.2) is 14.0 Å². The largest absolute Gasteiger partial charge is 0.452 e. The van der Waals surface area contributed by atoms with Crippen LogP contribution in [0.1, 0.15) is 5.56 Å². The van der Waals surface area contributed by atoms with Crippen LogP contribution in [0.2, 0.25) is 0 Å². The fraction of sp³-hybridized carbons (Fsp3) is 0.0556. The van der Waals surface area contributed by atoms with Crippen LogP contribution in [0.15, 0.2) is 54.6 Å². The normalized spacial score (nSPS) is 10.3. The lowest BCUT2D eigenvalue weighted by Crippen LogP contribution is -2.37. The van der Waals surface area contributed by atoms with Gasteiger partial charge in [0.15, 0.2) is 6.61 Å². The second kappa shape index (κ2) is 9.57. The summed E-state index contributed by atoms with van der Waals surface area (Å²) in [6.45, 7) is -0.747. The van der Waals surface area contributed by atoms with Gasteiger partial charge in [-0.05, 0) is 23.8 Å². The van der Waals surface area contributed by atoms with Crippen molar-refractivity contribution in [3.8, 4) is 0 Å². The number of carbonyl (C=O) groups is 3. The fourth-order valence-corrected chi connectivity index (χ4v) is 1.97. The van der Waals surface area contributed by atoms with E-state index in [1.165, 1.54) is 48.5 Å². The van der Waals surface area contributed by atoms with Crippen LogP contribution in [0.3, 0.4) is 0 Å². The molecule has 0 aliphatic carbocycles. The predicted octanol–water partition coefficient (Wildman–Crippen LogP) is 2.64. The first-order valence-corrected chi connectivity index (χ1v) is 7.80. The van der Waals surface area contributed by atoms with E-state index in [1.54, 1.807) is 0 Å². The third kappa shape index (κ3) is 6.33. The molecule has 0 saturated carbocycles. The van der Waals surface area contributed by atoms with Crippen LogP contribution in [0.5, 0.6) is 0 Å². The fourth-order valence-electron chi connectivity index (χ4n) is 1.97. The lowest BCUT2D eigenvalue weighted by atomic mass is 10.2. The summed E-state index contributed by atoms with van der Waals surface area (Å²) in [7, 11) is 0. The minimum atomic E-state index is -0.988. The highest BCUT2D eigenvalue weighted by atomic mass is 19.1. The van der Waals surface area contributed by atoms with Crippen LogP contribution in [0.25, 0.3) is 6.08 Å². The number of non-ortho nitro benzene ring substituents is 1. The molecule has 0 aromatic heterocycles. The molecule has 0 heterocycles. The molecule has 3 amide bonds. The van der Waals surface area contributed by atoms with E-state index in [9.17, 15) is 28.9 Å². The van der Waals surface area contributed by atoms with E-state index in [-0.39, 0.29) is 11.4 Å². The van der Waals surface area contributed by atoms with Crippen molar-refractivity contribution >= 4 is 35.4 Å². The van der Waals surface area contributed by atoms with Gasteiger partial charge in [0.2, 0.25) is 0 Å². The number of rotatable bonds is 6. The summed E-state index contributed by atoms with van der Waals surface area (Å²) in [4.78, 5) is 44.9. The van der Waals surface area contributed by atoms with Gasteiger partial charge in [0, 0.05) is 18.2 Å². The third-order valence-electron chi connectivity index (χ3n) is 3.21. The van der Waals surface area contributed by atoms with E-state index in [4.69, 9.17) is 0 Å². The first-order valence-electron chi connectivity index (χ1n) is 7.80. The summed E-state index contributed by atoms with van der Waals surface area (Å²) >= 11 is 0. The van der Waals surface area contributed by atoms with Gasteiger partial charge in [-0.3, -0.25) is 20.2 Å². The Hall–Kier alpha value is -4.08. The second-order valence-electron chi connectivity index (χ2n) is 5.28. The smallest absolute Gasteiger partial charge is 0.331 e. The molecule has 144 valence electrons. The van der Waals surface area contributed by atoms with Crippen LogP contribution >= 0.6 is 0 Å². The van der Waals surface area contributed by atoms with Crippen LogP contribution in [-0.4, -0.2) is 29.4 Å². The van der Waals surface area contributed by atoms with Crippen molar-refractivity contribution in [1.29, 1.82) is 0 Å². The van der Waals surface area contributed by atoms with Gasteiger partial charge in [-0.2, -0.15) is 0 Å². The molecule has 0 spiro atoms. The number of esters is 1. The molecule has 2 N–H and O–H groups in total. The SMILES string of the molecule is O=C(COC(=O)C=Cc1cccc([N+](=O)[O-])c1)NC(=O)Nc1ccccc1F. The zero-order valence-corrected chi connectivity index (χ0v) is 14.3. The number of amides is 3. The quantitative estimate of drug-likeness (QED) is 0.339. The van der Waals surface area contributed by atoms with Crippen LogP contribution in [-0.2, 0) is 14.3 Å². The average molecular weight is 387 g/mol. The van der Waals surface area contributed by atoms with E-state index in [0.717, 1.165) is 12.1 Å². The van der Waals surface area contributed by atoms with Crippen LogP contribution in [0, 0.1) is 15.9 Å².